The molecule has 0 aliphatic carbocycles. The second kappa shape index (κ2) is 6.88. The predicted molar refractivity (Wildman–Crippen MR) is 93.7 cm³/mol. The number of nitrogens with zero attached hydrogens (tertiary/aromatic N) is 2. The Morgan fingerprint density at radius 2 is 2.19 bits per heavy atom. The normalized spacial score (nSPS) is 19.4. The van der Waals surface area contributed by atoms with E-state index in [0.29, 0.717) is 13.1 Å². The van der Waals surface area contributed by atoms with E-state index in [1.807, 2.05) is 23.3 Å². The fraction of sp³-hybridized carbons (Fsp3) is 0.444. The maximum absolute atomic E-state index is 13.4. The van der Waals surface area contributed by atoms with Crippen molar-refractivity contribution in [1.82, 2.24) is 10.2 Å². The zero-order chi connectivity index (χ0) is 19.0. The maximum Gasteiger partial charge on any atom is 0.423 e. The van der Waals surface area contributed by atoms with Crippen molar-refractivity contribution < 1.29 is 17.9 Å². The summed E-state index contributed by atoms with van der Waals surface area (Å²) in [6.45, 7) is 2.00. The average molecular weight is 380 g/mol. The molecule has 0 radical (unpaired) electrons. The van der Waals surface area contributed by atoms with E-state index in [2.05, 4.69) is 10.4 Å². The Morgan fingerprint density at radius 3 is 2.93 bits per heavy atom. The summed E-state index contributed by atoms with van der Waals surface area (Å²) >= 11 is 0. The lowest BCUT2D eigenvalue weighted by atomic mass is 10.1. The molecule has 1 saturated heterocycles. The van der Waals surface area contributed by atoms with Gasteiger partial charge in [0, 0.05) is 31.9 Å². The highest BCUT2D eigenvalue weighted by molar-refractivity contribution is 5.63. The first-order valence-corrected chi connectivity index (χ1v) is 8.79. The second-order valence-corrected chi connectivity index (χ2v) is 6.77. The quantitative estimate of drug-likeness (QED) is 0.854. The molecule has 6 nitrogen and oxygen atoms in total. The molecule has 0 saturated carbocycles. The van der Waals surface area contributed by atoms with Crippen LogP contribution in [0.4, 0.5) is 24.5 Å². The summed E-state index contributed by atoms with van der Waals surface area (Å²) in [6.07, 6.45) is -1.48. The monoisotopic (exact) mass is 380 g/mol. The molecular weight excluding hydrogens is 361 g/mol. The third-order valence-electron chi connectivity index (χ3n) is 4.99. The molecule has 27 heavy (non-hydrogen) atoms. The number of aromatic amines is 1. The van der Waals surface area contributed by atoms with Crippen LogP contribution in [0.2, 0.25) is 0 Å². The van der Waals surface area contributed by atoms with Crippen LogP contribution >= 0.6 is 0 Å². The summed E-state index contributed by atoms with van der Waals surface area (Å²) in [5, 5.41) is 8.80. The Hall–Kier alpha value is -2.55. The largest absolute Gasteiger partial charge is 0.423 e. The van der Waals surface area contributed by atoms with Gasteiger partial charge in [-0.1, -0.05) is 12.1 Å². The van der Waals surface area contributed by atoms with Gasteiger partial charge in [-0.2, -0.15) is 18.3 Å². The average Bonchev–Trinajstić information content (AvgIpc) is 3.28. The molecule has 4 rings (SSSR count). The first-order valence-electron chi connectivity index (χ1n) is 8.79. The molecule has 2 aliphatic rings. The maximum atomic E-state index is 13.4. The van der Waals surface area contributed by atoms with Crippen molar-refractivity contribution in [3.05, 3.63) is 51.4 Å². The molecule has 2 aliphatic heterocycles. The number of aromatic nitrogens is 2. The van der Waals surface area contributed by atoms with Crippen molar-refractivity contribution in [2.24, 2.45) is 0 Å². The zero-order valence-corrected chi connectivity index (χ0v) is 14.5. The minimum atomic E-state index is -4.75. The summed E-state index contributed by atoms with van der Waals surface area (Å²) < 4.78 is 45.7. The molecule has 9 heteroatoms. The number of nitrogens with one attached hydrogen (secondary N) is 2. The lowest BCUT2D eigenvalue weighted by Gasteiger charge is -2.21. The molecule has 1 unspecified atom stereocenters. The van der Waals surface area contributed by atoms with Gasteiger partial charge in [-0.25, -0.2) is 5.10 Å². The van der Waals surface area contributed by atoms with Gasteiger partial charge in [0.2, 0.25) is 0 Å². The third-order valence-corrected chi connectivity index (χ3v) is 4.99. The van der Waals surface area contributed by atoms with Crippen molar-refractivity contribution in [1.29, 1.82) is 0 Å². The highest BCUT2D eigenvalue weighted by Gasteiger charge is 2.39. The van der Waals surface area contributed by atoms with Crippen LogP contribution in [0.3, 0.4) is 0 Å². The summed E-state index contributed by atoms with van der Waals surface area (Å²) in [5.74, 6) is 0. The topological polar surface area (TPSA) is 70.2 Å². The van der Waals surface area contributed by atoms with E-state index in [9.17, 15) is 18.0 Å². The fourth-order valence-corrected chi connectivity index (χ4v) is 3.69. The Morgan fingerprint density at radius 1 is 1.33 bits per heavy atom. The zero-order valence-electron chi connectivity index (χ0n) is 14.5. The van der Waals surface area contributed by atoms with Crippen LogP contribution in [0.15, 0.2) is 29.2 Å². The summed E-state index contributed by atoms with van der Waals surface area (Å²) in [4.78, 5) is 13.3. The van der Waals surface area contributed by atoms with Gasteiger partial charge in [-0.3, -0.25) is 4.79 Å². The number of anilines is 2. The standard InChI is InChI=1S/C18H19F3N4O2/c19-18(20,21)16-15(8-23-24-17(16)26)25-9-11-3-1-5-14(13(11)10-25)22-7-12-4-2-6-27-12/h1,3,5,8,12,22H,2,4,6-7,9-10H2,(H,24,26). The number of rotatable bonds is 4. The number of benzene rings is 1. The summed E-state index contributed by atoms with van der Waals surface area (Å²) in [6, 6.07) is 5.68. The smallest absolute Gasteiger partial charge is 0.382 e. The molecule has 2 aromatic rings. The molecule has 0 spiro atoms. The third kappa shape index (κ3) is 3.51. The van der Waals surface area contributed by atoms with Gasteiger partial charge in [0.15, 0.2) is 0 Å². The van der Waals surface area contributed by atoms with E-state index in [0.717, 1.165) is 42.5 Å². The molecule has 0 bridgehead atoms. The number of H-pyrrole nitrogens is 1. The van der Waals surface area contributed by atoms with Gasteiger partial charge in [0.25, 0.3) is 5.56 Å². The van der Waals surface area contributed by atoms with Crippen LogP contribution in [-0.2, 0) is 24.0 Å². The van der Waals surface area contributed by atoms with Crippen molar-refractivity contribution in [3.63, 3.8) is 0 Å². The predicted octanol–water partition coefficient (Wildman–Crippen LogP) is 2.90. The molecular formula is C18H19F3N4O2. The van der Waals surface area contributed by atoms with Gasteiger partial charge >= 0.3 is 6.18 Å². The Balaban J connectivity index is 1.59. The van der Waals surface area contributed by atoms with Gasteiger partial charge in [-0.05, 0) is 30.0 Å². The lowest BCUT2D eigenvalue weighted by molar-refractivity contribution is -0.138. The minimum absolute atomic E-state index is 0.159. The van der Waals surface area contributed by atoms with Crippen LogP contribution in [-0.4, -0.2) is 29.5 Å². The molecule has 1 aromatic heterocycles. The van der Waals surface area contributed by atoms with E-state index >= 15 is 0 Å². The number of hydrogen-bond donors (Lipinski definition) is 2. The highest BCUT2D eigenvalue weighted by atomic mass is 19.4. The SMILES string of the molecule is O=c1[nH]ncc(N2Cc3cccc(NCC4CCCO4)c3C2)c1C(F)(F)F. The first kappa shape index (κ1) is 17.8. The first-order chi connectivity index (χ1) is 12.9. The van der Waals surface area contributed by atoms with Crippen LogP contribution in [0, 0.1) is 0 Å². The van der Waals surface area contributed by atoms with E-state index in [4.69, 9.17) is 4.74 Å². The van der Waals surface area contributed by atoms with Crippen molar-refractivity contribution in [2.45, 2.75) is 38.2 Å². The Kier molecular flexibility index (Phi) is 4.55. The molecule has 0 amide bonds. The van der Waals surface area contributed by atoms with Gasteiger partial charge in [-0.15, -0.1) is 0 Å². The van der Waals surface area contributed by atoms with Crippen molar-refractivity contribution in [2.75, 3.05) is 23.4 Å². The summed E-state index contributed by atoms with van der Waals surface area (Å²) in [7, 11) is 0. The Bertz CT molecular complexity index is 891. The highest BCUT2D eigenvalue weighted by Crippen LogP contribution is 2.38. The molecule has 1 fully saturated rings. The number of alkyl halides is 3. The number of ether oxygens (including phenoxy) is 1. The van der Waals surface area contributed by atoms with Gasteiger partial charge in [0.05, 0.1) is 18.0 Å². The fourth-order valence-electron chi connectivity index (χ4n) is 3.69. The lowest BCUT2D eigenvalue weighted by Crippen LogP contribution is -2.28. The molecule has 3 heterocycles. The Labute approximate surface area is 153 Å². The number of halogens is 3. The number of hydrogen-bond acceptors (Lipinski definition) is 5. The van der Waals surface area contributed by atoms with E-state index in [1.54, 1.807) is 0 Å². The van der Waals surface area contributed by atoms with Crippen LogP contribution in [0.25, 0.3) is 0 Å². The summed E-state index contributed by atoms with van der Waals surface area (Å²) in [5.41, 5.74) is 0.112. The number of fused-ring (bicyclic) bond motifs is 1. The van der Waals surface area contributed by atoms with E-state index < -0.39 is 17.3 Å². The van der Waals surface area contributed by atoms with Crippen LogP contribution in [0.5, 0.6) is 0 Å². The second-order valence-electron chi connectivity index (χ2n) is 6.77. The van der Waals surface area contributed by atoms with Crippen LogP contribution in [0.1, 0.15) is 29.5 Å². The van der Waals surface area contributed by atoms with E-state index in [1.165, 1.54) is 4.90 Å². The molecule has 1 atom stereocenters. The van der Waals surface area contributed by atoms with Crippen LogP contribution < -0.4 is 15.8 Å². The van der Waals surface area contributed by atoms with Crippen molar-refractivity contribution >= 4 is 11.4 Å². The van der Waals surface area contributed by atoms with Gasteiger partial charge in [0.1, 0.15) is 5.56 Å². The molecule has 2 N–H and O–H groups in total. The van der Waals surface area contributed by atoms with Crippen molar-refractivity contribution in [3.8, 4) is 0 Å². The molecule has 1 aromatic carbocycles. The van der Waals surface area contributed by atoms with E-state index in [-0.39, 0.29) is 18.3 Å². The molecule has 144 valence electrons. The van der Waals surface area contributed by atoms with Gasteiger partial charge < -0.3 is 15.0 Å². The minimum Gasteiger partial charge on any atom is -0.382 e.